The first kappa shape index (κ1) is 16.5. The van der Waals surface area contributed by atoms with Crippen LogP contribution in [-0.2, 0) is 6.42 Å². The van der Waals surface area contributed by atoms with Crippen molar-refractivity contribution in [2.24, 2.45) is 0 Å². The molecule has 0 spiro atoms. The molecule has 6 heteroatoms. The average molecular weight is 281 g/mol. The highest BCUT2D eigenvalue weighted by Crippen LogP contribution is 2.26. The van der Waals surface area contributed by atoms with Crippen molar-refractivity contribution in [2.75, 3.05) is 44.8 Å². The van der Waals surface area contributed by atoms with Crippen molar-refractivity contribution in [1.29, 1.82) is 0 Å². The largest absolute Gasteiger partial charge is 0.476 e. The Kier molecular flexibility index (Phi) is 7.08. The molecule has 0 saturated heterocycles. The number of anilines is 2. The van der Waals surface area contributed by atoms with E-state index in [1.807, 2.05) is 21.0 Å². The predicted molar refractivity (Wildman–Crippen MR) is 83.3 cm³/mol. The minimum atomic E-state index is 0.497. The zero-order chi connectivity index (χ0) is 15.0. The number of nitrogens with two attached hydrogens (primary N) is 1. The van der Waals surface area contributed by atoms with E-state index in [1.165, 1.54) is 0 Å². The number of aryl methyl sites for hydroxylation is 1. The minimum Gasteiger partial charge on any atom is -0.476 e. The van der Waals surface area contributed by atoms with Crippen molar-refractivity contribution in [3.63, 3.8) is 0 Å². The second kappa shape index (κ2) is 8.58. The Morgan fingerprint density at radius 3 is 2.60 bits per heavy atom. The normalized spacial score (nSPS) is 10.8. The predicted octanol–water partition coefficient (Wildman–Crippen LogP) is 1.77. The van der Waals surface area contributed by atoms with Gasteiger partial charge in [-0.15, -0.1) is 0 Å². The van der Waals surface area contributed by atoms with Crippen LogP contribution >= 0.6 is 0 Å². The van der Waals surface area contributed by atoms with Crippen LogP contribution < -0.4 is 15.8 Å². The number of hydrogen-bond donors (Lipinski definition) is 2. The molecule has 0 amide bonds. The highest BCUT2D eigenvalue weighted by atomic mass is 16.5. The molecule has 0 aliphatic carbocycles. The summed E-state index contributed by atoms with van der Waals surface area (Å²) in [6.07, 6.45) is 2.83. The molecule has 0 bridgehead atoms. The van der Waals surface area contributed by atoms with Crippen LogP contribution in [0.1, 0.15) is 32.5 Å². The van der Waals surface area contributed by atoms with Gasteiger partial charge in [-0.25, -0.2) is 4.98 Å². The number of ether oxygens (including phenoxy) is 1. The van der Waals surface area contributed by atoms with E-state index >= 15 is 0 Å². The molecule has 0 unspecified atom stereocenters. The third-order valence-corrected chi connectivity index (χ3v) is 2.86. The quantitative estimate of drug-likeness (QED) is 0.672. The lowest BCUT2D eigenvalue weighted by Gasteiger charge is -2.15. The molecule has 0 radical (unpaired) electrons. The molecule has 0 fully saturated rings. The van der Waals surface area contributed by atoms with E-state index in [1.54, 1.807) is 0 Å². The third kappa shape index (κ3) is 5.21. The van der Waals surface area contributed by atoms with E-state index in [2.05, 4.69) is 27.1 Å². The first-order valence-electron chi connectivity index (χ1n) is 7.26. The van der Waals surface area contributed by atoms with Gasteiger partial charge in [0.25, 0.3) is 0 Å². The van der Waals surface area contributed by atoms with Crippen molar-refractivity contribution < 1.29 is 4.74 Å². The first-order chi connectivity index (χ1) is 9.58. The minimum absolute atomic E-state index is 0.497. The Balaban J connectivity index is 2.78. The monoisotopic (exact) mass is 281 g/mol. The van der Waals surface area contributed by atoms with Gasteiger partial charge in [-0.1, -0.05) is 20.3 Å². The summed E-state index contributed by atoms with van der Waals surface area (Å²) in [5, 5.41) is 3.25. The van der Waals surface area contributed by atoms with Crippen LogP contribution in [0, 0.1) is 0 Å². The SMILES string of the molecule is CCCCOc1nc(CC)nc(NCCN(C)C)c1N. The van der Waals surface area contributed by atoms with Crippen molar-refractivity contribution in [1.82, 2.24) is 14.9 Å². The maximum atomic E-state index is 6.08. The Bertz CT molecular complexity index is 409. The smallest absolute Gasteiger partial charge is 0.242 e. The maximum absolute atomic E-state index is 6.08. The summed E-state index contributed by atoms with van der Waals surface area (Å²) in [6.45, 7) is 6.48. The Morgan fingerprint density at radius 1 is 1.25 bits per heavy atom. The number of aromatic nitrogens is 2. The van der Waals surface area contributed by atoms with Gasteiger partial charge in [0.2, 0.25) is 5.88 Å². The lowest BCUT2D eigenvalue weighted by molar-refractivity contribution is 0.298. The van der Waals surface area contributed by atoms with Crippen molar-refractivity contribution in [2.45, 2.75) is 33.1 Å². The summed E-state index contributed by atoms with van der Waals surface area (Å²) in [7, 11) is 4.06. The van der Waals surface area contributed by atoms with Gasteiger partial charge in [0.05, 0.1) is 6.61 Å². The molecule has 0 aromatic carbocycles. The second-order valence-electron chi connectivity index (χ2n) is 4.99. The lowest BCUT2D eigenvalue weighted by atomic mass is 10.3. The van der Waals surface area contributed by atoms with Gasteiger partial charge in [0.1, 0.15) is 11.5 Å². The number of nitrogens with one attached hydrogen (secondary N) is 1. The summed E-state index contributed by atoms with van der Waals surface area (Å²) >= 11 is 0. The number of nitrogens with zero attached hydrogens (tertiary/aromatic N) is 3. The maximum Gasteiger partial charge on any atom is 0.242 e. The third-order valence-electron chi connectivity index (χ3n) is 2.86. The van der Waals surface area contributed by atoms with Crippen LogP contribution in [0.15, 0.2) is 0 Å². The van der Waals surface area contributed by atoms with Crippen molar-refractivity contribution in [3.8, 4) is 5.88 Å². The molecule has 0 saturated carbocycles. The Morgan fingerprint density at radius 2 is 2.00 bits per heavy atom. The van der Waals surface area contributed by atoms with Crippen molar-refractivity contribution >= 4 is 11.5 Å². The zero-order valence-electron chi connectivity index (χ0n) is 13.1. The summed E-state index contributed by atoms with van der Waals surface area (Å²) in [5.74, 6) is 1.92. The van der Waals surface area contributed by atoms with E-state index in [0.29, 0.717) is 24.0 Å². The summed E-state index contributed by atoms with van der Waals surface area (Å²) in [5.41, 5.74) is 6.58. The van der Waals surface area contributed by atoms with Gasteiger partial charge in [0, 0.05) is 19.5 Å². The fourth-order valence-corrected chi connectivity index (χ4v) is 1.61. The molecule has 0 aliphatic rings. The molecule has 3 N–H and O–H groups in total. The number of hydrogen-bond acceptors (Lipinski definition) is 6. The molecule has 6 nitrogen and oxygen atoms in total. The molecule has 0 aliphatic heterocycles. The van der Waals surface area contributed by atoms with Gasteiger partial charge in [0.15, 0.2) is 5.82 Å². The molecule has 20 heavy (non-hydrogen) atoms. The molecule has 1 aromatic rings. The van der Waals surface area contributed by atoms with Gasteiger partial charge in [-0.05, 0) is 20.5 Å². The molecule has 1 heterocycles. The molecular weight excluding hydrogens is 254 g/mol. The van der Waals surface area contributed by atoms with Gasteiger partial charge in [-0.2, -0.15) is 4.98 Å². The number of rotatable bonds is 9. The van der Waals surface area contributed by atoms with E-state index in [-0.39, 0.29) is 0 Å². The highest BCUT2D eigenvalue weighted by Gasteiger charge is 2.12. The van der Waals surface area contributed by atoms with Crippen LogP contribution in [0.2, 0.25) is 0 Å². The van der Waals surface area contributed by atoms with E-state index in [9.17, 15) is 0 Å². The number of nitrogen functional groups attached to an aromatic ring is 1. The van der Waals surface area contributed by atoms with E-state index in [0.717, 1.165) is 38.2 Å². The van der Waals surface area contributed by atoms with Gasteiger partial charge >= 0.3 is 0 Å². The Hall–Kier alpha value is -1.56. The standard InChI is InChI=1S/C14H27N5O/c1-5-7-10-20-14-12(15)13(16-8-9-19(3)4)17-11(6-2)18-14/h5-10,15H2,1-4H3,(H,16,17,18). The van der Waals surface area contributed by atoms with E-state index < -0.39 is 0 Å². The molecule has 1 aromatic heterocycles. The molecule has 0 atom stereocenters. The van der Waals surface area contributed by atoms with Crippen LogP contribution in [0.25, 0.3) is 0 Å². The molecular formula is C14H27N5O. The van der Waals surface area contributed by atoms with Gasteiger partial charge < -0.3 is 20.7 Å². The van der Waals surface area contributed by atoms with Crippen LogP contribution in [0.4, 0.5) is 11.5 Å². The van der Waals surface area contributed by atoms with Crippen LogP contribution in [0.3, 0.4) is 0 Å². The fraction of sp³-hybridized carbons (Fsp3) is 0.714. The van der Waals surface area contributed by atoms with Crippen molar-refractivity contribution in [3.05, 3.63) is 5.82 Å². The number of unbranched alkanes of at least 4 members (excludes halogenated alkanes) is 1. The zero-order valence-corrected chi connectivity index (χ0v) is 13.1. The second-order valence-corrected chi connectivity index (χ2v) is 4.99. The summed E-state index contributed by atoms with van der Waals surface area (Å²) < 4.78 is 5.66. The average Bonchev–Trinajstić information content (AvgIpc) is 2.42. The summed E-state index contributed by atoms with van der Waals surface area (Å²) in [6, 6.07) is 0. The Labute approximate surface area is 121 Å². The van der Waals surface area contributed by atoms with Crippen LogP contribution in [0.5, 0.6) is 5.88 Å². The summed E-state index contributed by atoms with van der Waals surface area (Å²) in [4.78, 5) is 10.9. The fourth-order valence-electron chi connectivity index (χ4n) is 1.61. The highest BCUT2D eigenvalue weighted by molar-refractivity contribution is 5.66. The van der Waals surface area contributed by atoms with Crippen LogP contribution in [-0.4, -0.2) is 48.7 Å². The lowest BCUT2D eigenvalue weighted by Crippen LogP contribution is -2.22. The number of likely N-dealkylation sites (N-methyl/N-ethyl adjacent to an activating group) is 1. The topological polar surface area (TPSA) is 76.3 Å². The van der Waals surface area contributed by atoms with E-state index in [4.69, 9.17) is 10.5 Å². The van der Waals surface area contributed by atoms with Gasteiger partial charge in [-0.3, -0.25) is 0 Å². The molecule has 1 rings (SSSR count). The molecule has 114 valence electrons. The first-order valence-corrected chi connectivity index (χ1v) is 7.26.